The SMILES string of the molecule is CCOC(=O)NCCNC(=O)/C=C(/C)CCc1ccccc1. The molecule has 0 spiro atoms. The fourth-order valence-electron chi connectivity index (χ4n) is 1.87. The number of benzene rings is 1. The molecular formula is C17H24N2O3. The molecule has 5 nitrogen and oxygen atoms in total. The number of ether oxygens (including phenoxy) is 1. The van der Waals surface area contributed by atoms with E-state index in [9.17, 15) is 9.59 Å². The number of rotatable bonds is 8. The van der Waals surface area contributed by atoms with E-state index >= 15 is 0 Å². The van der Waals surface area contributed by atoms with E-state index in [-0.39, 0.29) is 5.91 Å². The van der Waals surface area contributed by atoms with Crippen molar-refractivity contribution in [1.29, 1.82) is 0 Å². The van der Waals surface area contributed by atoms with E-state index in [0.29, 0.717) is 19.7 Å². The van der Waals surface area contributed by atoms with Gasteiger partial charge in [-0.1, -0.05) is 35.9 Å². The van der Waals surface area contributed by atoms with E-state index in [1.54, 1.807) is 13.0 Å². The summed E-state index contributed by atoms with van der Waals surface area (Å²) in [6, 6.07) is 10.2. The largest absolute Gasteiger partial charge is 0.450 e. The Kier molecular flexibility index (Phi) is 8.42. The maximum absolute atomic E-state index is 11.7. The number of nitrogens with one attached hydrogen (secondary N) is 2. The number of carbonyl (C=O) groups is 2. The highest BCUT2D eigenvalue weighted by Crippen LogP contribution is 2.08. The first-order chi connectivity index (χ1) is 10.6. The molecule has 0 aliphatic carbocycles. The smallest absolute Gasteiger partial charge is 0.407 e. The van der Waals surface area contributed by atoms with Gasteiger partial charge in [0.25, 0.3) is 0 Å². The standard InChI is InChI=1S/C17H24N2O3/c1-3-22-17(21)19-12-11-18-16(20)13-14(2)9-10-15-7-5-4-6-8-15/h4-8,13H,3,9-12H2,1-2H3,(H,18,20)(H,19,21)/b14-13-. The Morgan fingerprint density at radius 3 is 2.50 bits per heavy atom. The van der Waals surface area contributed by atoms with E-state index in [2.05, 4.69) is 22.8 Å². The molecule has 0 radical (unpaired) electrons. The van der Waals surface area contributed by atoms with Gasteiger partial charge in [-0.05, 0) is 32.3 Å². The first kappa shape index (κ1) is 17.8. The second kappa shape index (κ2) is 10.4. The van der Waals surface area contributed by atoms with Crippen molar-refractivity contribution in [3.8, 4) is 0 Å². The lowest BCUT2D eigenvalue weighted by atomic mass is 10.1. The number of carbonyl (C=O) groups excluding carboxylic acids is 2. The number of hydrogen-bond donors (Lipinski definition) is 2. The molecule has 0 aliphatic rings. The third kappa shape index (κ3) is 8.09. The summed E-state index contributed by atoms with van der Waals surface area (Å²) in [7, 11) is 0. The lowest BCUT2D eigenvalue weighted by Crippen LogP contribution is -2.34. The molecule has 0 fully saturated rings. The highest BCUT2D eigenvalue weighted by atomic mass is 16.5. The van der Waals surface area contributed by atoms with Gasteiger partial charge in [0.05, 0.1) is 6.61 Å². The zero-order valence-corrected chi connectivity index (χ0v) is 13.2. The van der Waals surface area contributed by atoms with Crippen LogP contribution in [0.1, 0.15) is 25.8 Å². The van der Waals surface area contributed by atoms with Gasteiger partial charge < -0.3 is 15.4 Å². The van der Waals surface area contributed by atoms with Crippen LogP contribution in [0, 0.1) is 0 Å². The van der Waals surface area contributed by atoms with Crippen LogP contribution in [0.4, 0.5) is 4.79 Å². The van der Waals surface area contributed by atoms with Gasteiger partial charge in [-0.3, -0.25) is 4.79 Å². The van der Waals surface area contributed by atoms with Gasteiger partial charge >= 0.3 is 6.09 Å². The van der Waals surface area contributed by atoms with Crippen molar-refractivity contribution in [2.45, 2.75) is 26.7 Å². The molecule has 2 N–H and O–H groups in total. The van der Waals surface area contributed by atoms with Crippen LogP contribution in [0.15, 0.2) is 42.0 Å². The summed E-state index contributed by atoms with van der Waals surface area (Å²) in [5.74, 6) is -0.142. The normalized spacial score (nSPS) is 10.9. The molecule has 5 heteroatoms. The van der Waals surface area contributed by atoms with Crippen molar-refractivity contribution in [1.82, 2.24) is 10.6 Å². The molecule has 0 unspecified atom stereocenters. The Morgan fingerprint density at radius 1 is 1.14 bits per heavy atom. The molecule has 0 atom stereocenters. The van der Waals surface area contributed by atoms with Crippen LogP contribution in [0.25, 0.3) is 0 Å². The third-order valence-electron chi connectivity index (χ3n) is 3.00. The van der Waals surface area contributed by atoms with Crippen molar-refractivity contribution in [3.63, 3.8) is 0 Å². The fourth-order valence-corrected chi connectivity index (χ4v) is 1.87. The van der Waals surface area contributed by atoms with E-state index in [1.807, 2.05) is 25.1 Å². The van der Waals surface area contributed by atoms with Gasteiger partial charge in [0.2, 0.25) is 5.91 Å². The second-order valence-electron chi connectivity index (χ2n) is 4.91. The minimum Gasteiger partial charge on any atom is -0.450 e. The third-order valence-corrected chi connectivity index (χ3v) is 3.00. The van der Waals surface area contributed by atoms with Crippen LogP contribution in [0.2, 0.25) is 0 Å². The molecule has 0 aromatic heterocycles. The minimum atomic E-state index is -0.466. The topological polar surface area (TPSA) is 67.4 Å². The average molecular weight is 304 g/mol. The summed E-state index contributed by atoms with van der Waals surface area (Å²) in [5.41, 5.74) is 2.29. The number of hydrogen-bond acceptors (Lipinski definition) is 3. The average Bonchev–Trinajstić information content (AvgIpc) is 2.51. The molecule has 0 heterocycles. The van der Waals surface area contributed by atoms with Crippen LogP contribution in [-0.2, 0) is 16.0 Å². The predicted molar refractivity (Wildman–Crippen MR) is 86.6 cm³/mol. The van der Waals surface area contributed by atoms with E-state index in [1.165, 1.54) is 5.56 Å². The van der Waals surface area contributed by atoms with Gasteiger partial charge in [-0.25, -0.2) is 4.79 Å². The van der Waals surface area contributed by atoms with Gasteiger partial charge in [0.1, 0.15) is 0 Å². The molecule has 1 aromatic rings. The second-order valence-corrected chi connectivity index (χ2v) is 4.91. The molecule has 0 bridgehead atoms. The molecule has 0 saturated carbocycles. The zero-order valence-electron chi connectivity index (χ0n) is 13.2. The van der Waals surface area contributed by atoms with Gasteiger partial charge in [0, 0.05) is 19.2 Å². The van der Waals surface area contributed by atoms with Crippen molar-refractivity contribution in [2.75, 3.05) is 19.7 Å². The highest BCUT2D eigenvalue weighted by molar-refractivity contribution is 5.88. The Balaban J connectivity index is 2.20. The summed E-state index contributed by atoms with van der Waals surface area (Å²) in [6.07, 6.45) is 2.90. The minimum absolute atomic E-state index is 0.142. The summed E-state index contributed by atoms with van der Waals surface area (Å²) in [4.78, 5) is 22.7. The number of allylic oxidation sites excluding steroid dienone is 1. The van der Waals surface area contributed by atoms with E-state index in [0.717, 1.165) is 18.4 Å². The summed E-state index contributed by atoms with van der Waals surface area (Å²) >= 11 is 0. The fraction of sp³-hybridized carbons (Fsp3) is 0.412. The highest BCUT2D eigenvalue weighted by Gasteiger charge is 2.01. The van der Waals surface area contributed by atoms with Gasteiger partial charge in [-0.15, -0.1) is 0 Å². The van der Waals surface area contributed by atoms with Crippen molar-refractivity contribution >= 4 is 12.0 Å². The van der Waals surface area contributed by atoms with Crippen LogP contribution >= 0.6 is 0 Å². The van der Waals surface area contributed by atoms with E-state index < -0.39 is 6.09 Å². The Bertz CT molecular complexity index is 498. The molecule has 1 rings (SSSR count). The molecule has 120 valence electrons. The molecule has 22 heavy (non-hydrogen) atoms. The molecule has 1 aromatic carbocycles. The van der Waals surface area contributed by atoms with Gasteiger partial charge in [0.15, 0.2) is 0 Å². The van der Waals surface area contributed by atoms with Crippen LogP contribution in [-0.4, -0.2) is 31.7 Å². The maximum atomic E-state index is 11.7. The first-order valence-electron chi connectivity index (χ1n) is 7.51. The lowest BCUT2D eigenvalue weighted by molar-refractivity contribution is -0.116. The number of amides is 2. The Hall–Kier alpha value is -2.30. The van der Waals surface area contributed by atoms with Crippen molar-refractivity contribution < 1.29 is 14.3 Å². The van der Waals surface area contributed by atoms with Crippen molar-refractivity contribution in [3.05, 3.63) is 47.5 Å². The molecular weight excluding hydrogens is 280 g/mol. The van der Waals surface area contributed by atoms with Gasteiger partial charge in [-0.2, -0.15) is 0 Å². The summed E-state index contributed by atoms with van der Waals surface area (Å²) < 4.78 is 4.71. The summed E-state index contributed by atoms with van der Waals surface area (Å²) in [6.45, 7) is 4.74. The molecule has 0 aliphatic heterocycles. The monoisotopic (exact) mass is 304 g/mol. The molecule has 0 saturated heterocycles. The lowest BCUT2D eigenvalue weighted by Gasteiger charge is -2.06. The quantitative estimate of drug-likeness (QED) is 0.572. The number of aryl methyl sites for hydroxylation is 1. The first-order valence-corrected chi connectivity index (χ1v) is 7.51. The van der Waals surface area contributed by atoms with Crippen LogP contribution < -0.4 is 10.6 Å². The zero-order chi connectivity index (χ0) is 16.2. The summed E-state index contributed by atoms with van der Waals surface area (Å²) in [5, 5.41) is 5.27. The Morgan fingerprint density at radius 2 is 1.82 bits per heavy atom. The molecule has 2 amide bonds. The maximum Gasteiger partial charge on any atom is 0.407 e. The number of alkyl carbamates (subject to hydrolysis) is 1. The van der Waals surface area contributed by atoms with E-state index in [4.69, 9.17) is 4.74 Å². The Labute approximate surface area is 131 Å². The van der Waals surface area contributed by atoms with Crippen LogP contribution in [0.3, 0.4) is 0 Å². The predicted octanol–water partition coefficient (Wildman–Crippen LogP) is 2.43. The van der Waals surface area contributed by atoms with Crippen LogP contribution in [0.5, 0.6) is 0 Å². The van der Waals surface area contributed by atoms with Crippen molar-refractivity contribution in [2.24, 2.45) is 0 Å².